The molecule has 6 rings (SSSR count). The predicted molar refractivity (Wildman–Crippen MR) is 135 cm³/mol. The molecule has 3 aromatic rings. The molecule has 3 aromatic carbocycles. The van der Waals surface area contributed by atoms with Crippen molar-refractivity contribution in [1.29, 1.82) is 0 Å². The van der Waals surface area contributed by atoms with Gasteiger partial charge in [-0.15, -0.1) is 0 Å². The minimum atomic E-state index is -2.15. The van der Waals surface area contributed by atoms with Crippen LogP contribution in [0.4, 0.5) is 5.69 Å². The minimum Gasteiger partial charge on any atom is -0.462 e. The van der Waals surface area contributed by atoms with Gasteiger partial charge in [-0.05, 0) is 43.7 Å². The third-order valence-corrected chi connectivity index (χ3v) is 7.56. The van der Waals surface area contributed by atoms with Gasteiger partial charge in [0.2, 0.25) is 29.0 Å². The Labute approximate surface area is 218 Å². The van der Waals surface area contributed by atoms with Crippen molar-refractivity contribution >= 4 is 35.0 Å². The van der Waals surface area contributed by atoms with Crippen molar-refractivity contribution in [2.45, 2.75) is 25.6 Å². The number of ether oxygens (including phenoxy) is 2. The Morgan fingerprint density at radius 1 is 0.868 bits per heavy atom. The van der Waals surface area contributed by atoms with E-state index in [2.05, 4.69) is 0 Å². The van der Waals surface area contributed by atoms with Gasteiger partial charge in [-0.2, -0.15) is 0 Å². The van der Waals surface area contributed by atoms with Crippen molar-refractivity contribution in [3.63, 3.8) is 0 Å². The van der Waals surface area contributed by atoms with E-state index in [0.717, 1.165) is 10.5 Å². The number of nitrogens with zero attached hydrogens (tertiary/aromatic N) is 1. The molecule has 0 aromatic heterocycles. The fourth-order valence-corrected chi connectivity index (χ4v) is 5.79. The predicted octanol–water partition coefficient (Wildman–Crippen LogP) is 3.87. The van der Waals surface area contributed by atoms with Gasteiger partial charge in [0.25, 0.3) is 0 Å². The second-order valence-corrected chi connectivity index (χ2v) is 9.67. The monoisotopic (exact) mass is 509 g/mol. The quantitative estimate of drug-likeness (QED) is 0.299. The smallest absolute Gasteiger partial charge is 0.338 e. The highest BCUT2D eigenvalue weighted by molar-refractivity contribution is 6.37. The molecule has 2 aliphatic heterocycles. The van der Waals surface area contributed by atoms with Gasteiger partial charge in [0.15, 0.2) is 0 Å². The number of imide groups is 1. The first kappa shape index (κ1) is 23.9. The van der Waals surface area contributed by atoms with Crippen LogP contribution in [0.15, 0.2) is 72.8 Å². The van der Waals surface area contributed by atoms with Crippen LogP contribution in [0.25, 0.3) is 0 Å². The van der Waals surface area contributed by atoms with E-state index in [0.29, 0.717) is 16.8 Å². The van der Waals surface area contributed by atoms with Crippen LogP contribution in [0.1, 0.15) is 55.2 Å². The lowest BCUT2D eigenvalue weighted by molar-refractivity contribution is -0.127. The van der Waals surface area contributed by atoms with Gasteiger partial charge in [-0.3, -0.25) is 19.2 Å². The molecule has 0 unspecified atom stereocenters. The molecule has 2 heterocycles. The standard InChI is InChI=1S/C30H23NO7/c1-3-37-29(36)18-12-10-17(11-13-18)24-22-23(28(35)31(27(22)34)19-14-8-16(2)9-15-19)30(38-24)25(32)20-6-4-5-7-21(20)26(30)33/h4-15,22-24H,3H2,1-2H3/t22-,23+,24-/m1/s1. The average Bonchev–Trinajstić information content (AvgIpc) is 3.49. The number of hydrogen-bond donors (Lipinski definition) is 0. The molecular formula is C30H23NO7. The van der Waals surface area contributed by atoms with Crippen molar-refractivity contribution in [2.24, 2.45) is 11.8 Å². The number of esters is 1. The van der Waals surface area contributed by atoms with Gasteiger partial charge in [-0.1, -0.05) is 54.1 Å². The van der Waals surface area contributed by atoms with Gasteiger partial charge in [0.1, 0.15) is 0 Å². The Balaban J connectivity index is 1.48. The van der Waals surface area contributed by atoms with E-state index in [1.807, 2.05) is 6.92 Å². The maximum atomic E-state index is 13.9. The number of Topliss-reactive ketones (excluding diaryl/α,β-unsaturated/α-hetero) is 2. The van der Waals surface area contributed by atoms with E-state index in [1.54, 1.807) is 55.5 Å². The number of anilines is 1. The van der Waals surface area contributed by atoms with E-state index in [1.165, 1.54) is 24.3 Å². The summed E-state index contributed by atoms with van der Waals surface area (Å²) in [4.78, 5) is 68.7. The molecule has 8 heteroatoms. The highest BCUT2D eigenvalue weighted by atomic mass is 16.5. The highest BCUT2D eigenvalue weighted by Crippen LogP contribution is 2.57. The molecule has 0 radical (unpaired) electrons. The van der Waals surface area contributed by atoms with E-state index < -0.39 is 52.9 Å². The van der Waals surface area contributed by atoms with E-state index in [4.69, 9.17) is 9.47 Å². The van der Waals surface area contributed by atoms with Crippen LogP contribution < -0.4 is 4.90 Å². The third kappa shape index (κ3) is 3.16. The average molecular weight is 510 g/mol. The summed E-state index contributed by atoms with van der Waals surface area (Å²) in [5, 5.41) is 0. The van der Waals surface area contributed by atoms with Crippen LogP contribution in [0.2, 0.25) is 0 Å². The first-order chi connectivity index (χ1) is 18.3. The summed E-state index contributed by atoms with van der Waals surface area (Å²) in [6, 6.07) is 19.5. The summed E-state index contributed by atoms with van der Waals surface area (Å²) in [6.07, 6.45) is -1.06. The number of amides is 2. The lowest BCUT2D eigenvalue weighted by atomic mass is 9.77. The van der Waals surface area contributed by atoms with Crippen LogP contribution in [0.3, 0.4) is 0 Å². The van der Waals surface area contributed by atoms with Crippen molar-refractivity contribution < 1.29 is 33.4 Å². The van der Waals surface area contributed by atoms with Gasteiger partial charge in [-0.25, -0.2) is 9.69 Å². The first-order valence-corrected chi connectivity index (χ1v) is 12.4. The van der Waals surface area contributed by atoms with Gasteiger partial charge >= 0.3 is 5.97 Å². The Morgan fingerprint density at radius 3 is 2.05 bits per heavy atom. The second-order valence-electron chi connectivity index (χ2n) is 9.67. The van der Waals surface area contributed by atoms with Crippen molar-refractivity contribution in [3.05, 3.63) is 101 Å². The molecule has 2 fully saturated rings. The normalized spacial score (nSPS) is 23.2. The number of benzene rings is 3. The van der Waals surface area contributed by atoms with Crippen molar-refractivity contribution in [1.82, 2.24) is 0 Å². The lowest BCUT2D eigenvalue weighted by Crippen LogP contribution is -2.51. The Hall–Kier alpha value is -4.43. The van der Waals surface area contributed by atoms with Gasteiger partial charge < -0.3 is 9.47 Å². The van der Waals surface area contributed by atoms with Crippen LogP contribution >= 0.6 is 0 Å². The topological polar surface area (TPSA) is 107 Å². The summed E-state index contributed by atoms with van der Waals surface area (Å²) < 4.78 is 11.3. The van der Waals surface area contributed by atoms with Crippen LogP contribution in [-0.4, -0.2) is 41.6 Å². The van der Waals surface area contributed by atoms with E-state index >= 15 is 0 Å². The zero-order chi connectivity index (χ0) is 26.8. The zero-order valence-corrected chi connectivity index (χ0v) is 20.7. The number of aryl methyl sites for hydroxylation is 1. The molecule has 0 saturated carbocycles. The summed E-state index contributed by atoms with van der Waals surface area (Å²) >= 11 is 0. The first-order valence-electron chi connectivity index (χ1n) is 12.4. The summed E-state index contributed by atoms with van der Waals surface area (Å²) in [5.41, 5.74) is 0.271. The SMILES string of the molecule is CCOC(=O)c1ccc([C@H]2OC3(C(=O)c4ccccc4C3=O)[C@@H]3C(=O)N(c4ccc(C)cc4)C(=O)[C@@H]23)cc1. The number of carbonyl (C=O) groups is 5. The molecule has 3 atom stereocenters. The number of hydrogen-bond acceptors (Lipinski definition) is 7. The summed E-state index contributed by atoms with van der Waals surface area (Å²) in [6.45, 7) is 3.81. The molecule has 2 saturated heterocycles. The molecule has 3 aliphatic rings. The summed E-state index contributed by atoms with van der Waals surface area (Å²) in [5.74, 6) is -5.38. The van der Waals surface area contributed by atoms with Crippen LogP contribution in [0.5, 0.6) is 0 Å². The molecule has 190 valence electrons. The van der Waals surface area contributed by atoms with Crippen molar-refractivity contribution in [2.75, 3.05) is 11.5 Å². The molecule has 1 aliphatic carbocycles. The number of fused-ring (bicyclic) bond motifs is 3. The van der Waals surface area contributed by atoms with Gasteiger partial charge in [0, 0.05) is 11.1 Å². The zero-order valence-electron chi connectivity index (χ0n) is 20.7. The van der Waals surface area contributed by atoms with Crippen LogP contribution in [-0.2, 0) is 19.1 Å². The summed E-state index contributed by atoms with van der Waals surface area (Å²) in [7, 11) is 0. The Morgan fingerprint density at radius 2 is 1.47 bits per heavy atom. The van der Waals surface area contributed by atoms with Crippen LogP contribution in [0, 0.1) is 18.8 Å². The molecule has 2 amide bonds. The molecule has 0 bridgehead atoms. The molecule has 0 N–H and O–H groups in total. The minimum absolute atomic E-state index is 0.170. The molecule has 8 nitrogen and oxygen atoms in total. The highest BCUT2D eigenvalue weighted by Gasteiger charge is 2.74. The Bertz CT molecular complexity index is 1490. The number of ketones is 2. The molecule has 1 spiro atoms. The van der Waals surface area contributed by atoms with E-state index in [-0.39, 0.29) is 17.7 Å². The fraction of sp³-hybridized carbons (Fsp3) is 0.233. The van der Waals surface area contributed by atoms with Gasteiger partial charge in [0.05, 0.1) is 35.8 Å². The van der Waals surface area contributed by atoms with E-state index in [9.17, 15) is 24.0 Å². The number of carbonyl (C=O) groups excluding carboxylic acids is 5. The number of rotatable bonds is 4. The molecular weight excluding hydrogens is 486 g/mol. The maximum absolute atomic E-state index is 13.9. The Kier molecular flexibility index (Phi) is 5.39. The fourth-order valence-electron chi connectivity index (χ4n) is 5.79. The third-order valence-electron chi connectivity index (χ3n) is 7.56. The largest absolute Gasteiger partial charge is 0.462 e. The van der Waals surface area contributed by atoms with Crippen molar-refractivity contribution in [3.8, 4) is 0 Å². The second kappa shape index (κ2) is 8.56. The molecule has 38 heavy (non-hydrogen) atoms. The lowest BCUT2D eigenvalue weighted by Gasteiger charge is -2.27. The maximum Gasteiger partial charge on any atom is 0.338 e.